The number of carbonyl (C=O) groups excluding carboxylic acids is 1. The Morgan fingerprint density at radius 2 is 2.00 bits per heavy atom. The van der Waals surface area contributed by atoms with Gasteiger partial charge in [-0.05, 0) is 51.3 Å². The van der Waals surface area contributed by atoms with Gasteiger partial charge >= 0.3 is 0 Å². The standard InChI is InChI=1S/C10H16O.C9H14N2/c1-3-4-5-7-10(2)8-6-9-11;1-3-11-9-5-4-7(2)6-8(9)10/h4-5,8-9H,3,6-7H2,1-2H3;4-6,11H,3,10H2,1-2H3/b5-4-,10-8-;. The average Bonchev–Trinajstić information content (AvgIpc) is 2.49. The van der Waals surface area contributed by atoms with Crippen molar-refractivity contribution >= 4 is 17.7 Å². The molecule has 0 aromatic heterocycles. The lowest BCUT2D eigenvalue weighted by Gasteiger charge is -2.06. The molecule has 22 heavy (non-hydrogen) atoms. The molecular formula is C19H30N2O. The predicted octanol–water partition coefficient (Wildman–Crippen LogP) is 4.89. The molecule has 0 amide bonds. The summed E-state index contributed by atoms with van der Waals surface area (Å²) in [4.78, 5) is 9.98. The molecule has 1 rings (SSSR count). The summed E-state index contributed by atoms with van der Waals surface area (Å²) < 4.78 is 0. The van der Waals surface area contributed by atoms with Crippen LogP contribution < -0.4 is 11.1 Å². The number of carbonyl (C=O) groups is 1. The van der Waals surface area contributed by atoms with Crippen molar-refractivity contribution in [3.63, 3.8) is 0 Å². The fourth-order valence-corrected chi connectivity index (χ4v) is 1.80. The average molecular weight is 302 g/mol. The molecule has 3 nitrogen and oxygen atoms in total. The van der Waals surface area contributed by atoms with Crippen LogP contribution in [0.3, 0.4) is 0 Å². The van der Waals surface area contributed by atoms with E-state index in [9.17, 15) is 4.79 Å². The SMILES string of the molecule is CC/C=C\C/C(C)=C\CC=O.CCNc1ccc(C)cc1N. The number of benzene rings is 1. The third-order valence-corrected chi connectivity index (χ3v) is 2.98. The molecule has 0 unspecified atom stereocenters. The zero-order valence-corrected chi connectivity index (χ0v) is 14.4. The van der Waals surface area contributed by atoms with Crippen LogP contribution in [-0.2, 0) is 4.79 Å². The number of nitrogens with two attached hydrogens (primary N) is 1. The second kappa shape index (κ2) is 12.7. The van der Waals surface area contributed by atoms with Crippen molar-refractivity contribution in [2.75, 3.05) is 17.6 Å². The molecule has 0 radical (unpaired) electrons. The number of hydrogen-bond donors (Lipinski definition) is 2. The van der Waals surface area contributed by atoms with Crippen molar-refractivity contribution in [1.82, 2.24) is 0 Å². The number of hydrogen-bond acceptors (Lipinski definition) is 3. The van der Waals surface area contributed by atoms with Crippen LogP contribution in [0.4, 0.5) is 11.4 Å². The molecule has 0 aliphatic rings. The van der Waals surface area contributed by atoms with E-state index < -0.39 is 0 Å². The molecule has 122 valence electrons. The number of aryl methyl sites for hydroxylation is 1. The van der Waals surface area contributed by atoms with Gasteiger partial charge in [0.25, 0.3) is 0 Å². The normalized spacial score (nSPS) is 11.0. The summed E-state index contributed by atoms with van der Waals surface area (Å²) >= 11 is 0. The van der Waals surface area contributed by atoms with Crippen LogP contribution in [0.5, 0.6) is 0 Å². The van der Waals surface area contributed by atoms with Crippen molar-refractivity contribution in [2.24, 2.45) is 0 Å². The second-order valence-electron chi connectivity index (χ2n) is 5.16. The molecule has 0 spiro atoms. The van der Waals surface area contributed by atoms with Crippen molar-refractivity contribution < 1.29 is 4.79 Å². The van der Waals surface area contributed by atoms with E-state index >= 15 is 0 Å². The van der Waals surface area contributed by atoms with Gasteiger partial charge < -0.3 is 15.8 Å². The van der Waals surface area contributed by atoms with E-state index in [1.807, 2.05) is 38.1 Å². The Morgan fingerprint density at radius 3 is 2.55 bits per heavy atom. The monoisotopic (exact) mass is 302 g/mol. The molecule has 0 atom stereocenters. The van der Waals surface area contributed by atoms with Crippen molar-refractivity contribution in [1.29, 1.82) is 0 Å². The van der Waals surface area contributed by atoms with Crippen LogP contribution in [0.1, 0.15) is 45.6 Å². The fourth-order valence-electron chi connectivity index (χ4n) is 1.80. The second-order valence-corrected chi connectivity index (χ2v) is 5.16. The number of nitrogens with one attached hydrogen (secondary N) is 1. The lowest BCUT2D eigenvalue weighted by Crippen LogP contribution is -2.00. The Labute approximate surface area is 135 Å². The largest absolute Gasteiger partial charge is 0.397 e. The van der Waals surface area contributed by atoms with Crippen LogP contribution in [-0.4, -0.2) is 12.8 Å². The van der Waals surface area contributed by atoms with E-state index in [0.717, 1.165) is 37.0 Å². The van der Waals surface area contributed by atoms with Gasteiger partial charge in [-0.3, -0.25) is 0 Å². The summed E-state index contributed by atoms with van der Waals surface area (Å²) in [5.74, 6) is 0. The van der Waals surface area contributed by atoms with Gasteiger partial charge in [0, 0.05) is 13.0 Å². The van der Waals surface area contributed by atoms with Crippen molar-refractivity contribution in [3.8, 4) is 0 Å². The summed E-state index contributed by atoms with van der Waals surface area (Å²) in [6, 6.07) is 6.03. The Hall–Kier alpha value is -2.03. The summed E-state index contributed by atoms with van der Waals surface area (Å²) in [6.45, 7) is 9.16. The van der Waals surface area contributed by atoms with Crippen LogP contribution in [0.2, 0.25) is 0 Å². The number of rotatable bonds is 7. The highest BCUT2D eigenvalue weighted by molar-refractivity contribution is 5.66. The molecule has 1 aromatic rings. The molecular weight excluding hydrogens is 272 g/mol. The molecule has 0 bridgehead atoms. The molecule has 0 aliphatic heterocycles. The predicted molar refractivity (Wildman–Crippen MR) is 98.2 cm³/mol. The van der Waals surface area contributed by atoms with Crippen molar-refractivity contribution in [3.05, 3.63) is 47.6 Å². The third kappa shape index (κ3) is 9.81. The molecule has 0 aliphatic carbocycles. The quantitative estimate of drug-likeness (QED) is 0.428. The highest BCUT2D eigenvalue weighted by Crippen LogP contribution is 2.18. The number of nitrogen functional groups attached to an aromatic ring is 1. The minimum absolute atomic E-state index is 0.547. The highest BCUT2D eigenvalue weighted by atomic mass is 16.1. The van der Waals surface area contributed by atoms with Gasteiger partial charge in [0.15, 0.2) is 0 Å². The Balaban J connectivity index is 0.000000401. The highest BCUT2D eigenvalue weighted by Gasteiger charge is 1.95. The molecule has 3 N–H and O–H groups in total. The molecule has 0 heterocycles. The van der Waals surface area contributed by atoms with E-state index in [1.165, 1.54) is 11.1 Å². The van der Waals surface area contributed by atoms with E-state index in [2.05, 4.69) is 31.3 Å². The van der Waals surface area contributed by atoms with Crippen LogP contribution in [0.15, 0.2) is 42.0 Å². The summed E-state index contributed by atoms with van der Waals surface area (Å²) in [5, 5.41) is 3.18. The number of aldehydes is 1. The smallest absolute Gasteiger partial charge is 0.123 e. The number of allylic oxidation sites excluding steroid dienone is 4. The summed E-state index contributed by atoms with van der Waals surface area (Å²) in [7, 11) is 0. The first kappa shape index (κ1) is 20.0. The molecule has 1 aromatic carbocycles. The van der Waals surface area contributed by atoms with E-state index in [4.69, 9.17) is 5.73 Å². The maximum Gasteiger partial charge on any atom is 0.123 e. The maximum absolute atomic E-state index is 9.98. The molecule has 3 heteroatoms. The minimum Gasteiger partial charge on any atom is -0.397 e. The first-order chi connectivity index (χ1) is 10.5. The molecule has 0 saturated carbocycles. The lowest BCUT2D eigenvalue weighted by atomic mass is 10.2. The van der Waals surface area contributed by atoms with Crippen LogP contribution >= 0.6 is 0 Å². The third-order valence-electron chi connectivity index (χ3n) is 2.98. The Bertz CT molecular complexity index is 490. The Kier molecular flexibility index (Phi) is 11.5. The maximum atomic E-state index is 9.98. The van der Waals surface area contributed by atoms with Gasteiger partial charge in [0.2, 0.25) is 0 Å². The Morgan fingerprint density at radius 1 is 1.27 bits per heavy atom. The van der Waals surface area contributed by atoms with Crippen LogP contribution in [0, 0.1) is 6.92 Å². The van der Waals surface area contributed by atoms with E-state index in [1.54, 1.807) is 0 Å². The summed E-state index contributed by atoms with van der Waals surface area (Å²) in [5.41, 5.74) is 10.1. The van der Waals surface area contributed by atoms with Gasteiger partial charge in [-0.25, -0.2) is 0 Å². The zero-order valence-electron chi connectivity index (χ0n) is 14.4. The van der Waals surface area contributed by atoms with Gasteiger partial charge in [0.05, 0.1) is 11.4 Å². The lowest BCUT2D eigenvalue weighted by molar-refractivity contribution is -0.107. The van der Waals surface area contributed by atoms with Crippen LogP contribution in [0.25, 0.3) is 0 Å². The van der Waals surface area contributed by atoms with Gasteiger partial charge in [-0.1, -0.05) is 36.8 Å². The van der Waals surface area contributed by atoms with Gasteiger partial charge in [-0.2, -0.15) is 0 Å². The summed E-state index contributed by atoms with van der Waals surface area (Å²) in [6.07, 6.45) is 9.77. The molecule has 0 saturated heterocycles. The minimum atomic E-state index is 0.547. The first-order valence-corrected chi connectivity index (χ1v) is 7.89. The molecule has 0 fully saturated rings. The topological polar surface area (TPSA) is 55.1 Å². The van der Waals surface area contributed by atoms with Crippen molar-refractivity contribution in [2.45, 2.75) is 47.0 Å². The van der Waals surface area contributed by atoms with E-state index in [0.29, 0.717) is 6.42 Å². The first-order valence-electron chi connectivity index (χ1n) is 7.89. The van der Waals surface area contributed by atoms with Gasteiger partial charge in [-0.15, -0.1) is 0 Å². The van der Waals surface area contributed by atoms with E-state index in [-0.39, 0.29) is 0 Å². The number of anilines is 2. The fraction of sp³-hybridized carbons (Fsp3) is 0.421. The zero-order chi connectivity index (χ0) is 16.8. The van der Waals surface area contributed by atoms with Gasteiger partial charge in [0.1, 0.15) is 6.29 Å².